The Morgan fingerprint density at radius 2 is 1.53 bits per heavy atom. The summed E-state index contributed by atoms with van der Waals surface area (Å²) in [6.07, 6.45) is -9.49. The molecular formula is C21H17F6N3OS. The SMILES string of the molecule is CC(C)C(Sc1nc(C(F)(F)F)nc2ccccc12)C(=O)Nc1ccccc1C(F)(F)F. The number of carbonyl (C=O) groups is 1. The standard InChI is InChI=1S/C21H17F6N3OS/c1-11(2)16(17(31)28-15-10-6-4-8-13(15)20(22,23)24)32-18-12-7-3-5-9-14(12)29-19(30-18)21(25,26)27/h3-11,16H,1-2H3,(H,28,31). The number of carbonyl (C=O) groups excluding carboxylic acids is 1. The van der Waals surface area contributed by atoms with E-state index in [1.165, 1.54) is 30.3 Å². The maximum Gasteiger partial charge on any atom is 0.451 e. The van der Waals surface area contributed by atoms with E-state index in [-0.39, 0.29) is 10.5 Å². The third kappa shape index (κ3) is 5.32. The van der Waals surface area contributed by atoms with E-state index in [2.05, 4.69) is 15.3 Å². The van der Waals surface area contributed by atoms with E-state index in [0.29, 0.717) is 5.39 Å². The highest BCUT2D eigenvalue weighted by atomic mass is 32.2. The molecule has 32 heavy (non-hydrogen) atoms. The molecule has 1 unspecified atom stereocenters. The van der Waals surface area contributed by atoms with Crippen molar-refractivity contribution in [2.24, 2.45) is 5.92 Å². The van der Waals surface area contributed by atoms with E-state index in [0.717, 1.165) is 23.9 Å². The largest absolute Gasteiger partial charge is 0.451 e. The third-order valence-corrected chi connectivity index (χ3v) is 5.96. The zero-order valence-corrected chi connectivity index (χ0v) is 17.6. The summed E-state index contributed by atoms with van der Waals surface area (Å²) >= 11 is 0.753. The summed E-state index contributed by atoms with van der Waals surface area (Å²) in [4.78, 5) is 20.0. The number of anilines is 1. The summed E-state index contributed by atoms with van der Waals surface area (Å²) in [7, 11) is 0. The molecule has 2 aromatic carbocycles. The number of halogens is 6. The summed E-state index contributed by atoms with van der Waals surface area (Å²) in [5.74, 6) is -2.57. The topological polar surface area (TPSA) is 54.9 Å². The van der Waals surface area contributed by atoms with Gasteiger partial charge in [-0.15, -0.1) is 0 Å². The second-order valence-electron chi connectivity index (χ2n) is 7.18. The molecule has 0 saturated heterocycles. The zero-order valence-electron chi connectivity index (χ0n) is 16.8. The van der Waals surface area contributed by atoms with Gasteiger partial charge in [-0.2, -0.15) is 26.3 Å². The Morgan fingerprint density at radius 1 is 0.906 bits per heavy atom. The molecule has 0 spiro atoms. The van der Waals surface area contributed by atoms with Gasteiger partial charge in [0, 0.05) is 5.39 Å². The third-order valence-electron chi connectivity index (χ3n) is 4.41. The minimum Gasteiger partial charge on any atom is -0.325 e. The fourth-order valence-corrected chi connectivity index (χ4v) is 4.04. The molecular weight excluding hydrogens is 456 g/mol. The van der Waals surface area contributed by atoms with Crippen molar-refractivity contribution >= 4 is 34.3 Å². The Labute approximate surface area is 183 Å². The average molecular weight is 473 g/mol. The van der Waals surface area contributed by atoms with Gasteiger partial charge in [0.1, 0.15) is 5.03 Å². The van der Waals surface area contributed by atoms with Gasteiger partial charge < -0.3 is 5.32 Å². The van der Waals surface area contributed by atoms with Crippen LogP contribution in [0, 0.1) is 5.92 Å². The molecule has 1 amide bonds. The van der Waals surface area contributed by atoms with Crippen LogP contribution in [-0.4, -0.2) is 21.1 Å². The van der Waals surface area contributed by atoms with Gasteiger partial charge >= 0.3 is 12.4 Å². The van der Waals surface area contributed by atoms with E-state index >= 15 is 0 Å². The first-order valence-corrected chi connectivity index (χ1v) is 10.2. The number of para-hydroxylation sites is 2. The summed E-state index contributed by atoms with van der Waals surface area (Å²) < 4.78 is 79.6. The van der Waals surface area contributed by atoms with Crippen molar-refractivity contribution in [3.05, 3.63) is 59.9 Å². The van der Waals surface area contributed by atoms with Crippen LogP contribution in [0.25, 0.3) is 10.9 Å². The molecule has 0 aliphatic carbocycles. The number of amides is 1. The van der Waals surface area contributed by atoms with Crippen LogP contribution in [0.2, 0.25) is 0 Å². The fraction of sp³-hybridized carbons (Fsp3) is 0.286. The summed E-state index contributed by atoms with van der Waals surface area (Å²) in [5.41, 5.74) is -1.41. The first-order valence-electron chi connectivity index (χ1n) is 9.35. The summed E-state index contributed by atoms with van der Waals surface area (Å²) in [5, 5.41) is 1.47. The van der Waals surface area contributed by atoms with Gasteiger partial charge in [0.15, 0.2) is 0 Å². The van der Waals surface area contributed by atoms with E-state index in [9.17, 15) is 31.1 Å². The van der Waals surface area contributed by atoms with Gasteiger partial charge in [0.2, 0.25) is 11.7 Å². The van der Waals surface area contributed by atoms with Gasteiger partial charge in [-0.25, -0.2) is 9.97 Å². The van der Waals surface area contributed by atoms with Crippen molar-refractivity contribution in [1.29, 1.82) is 0 Å². The molecule has 0 radical (unpaired) electrons. The maximum atomic E-state index is 13.3. The van der Waals surface area contributed by atoms with Crippen molar-refractivity contribution in [2.45, 2.75) is 36.5 Å². The Balaban J connectivity index is 1.98. The van der Waals surface area contributed by atoms with Gasteiger partial charge in [-0.05, 0) is 24.1 Å². The van der Waals surface area contributed by atoms with Crippen LogP contribution >= 0.6 is 11.8 Å². The minimum absolute atomic E-state index is 0.0441. The van der Waals surface area contributed by atoms with Crippen molar-refractivity contribution in [3.63, 3.8) is 0 Å². The van der Waals surface area contributed by atoms with Crippen molar-refractivity contribution < 1.29 is 31.1 Å². The van der Waals surface area contributed by atoms with Crippen LogP contribution in [-0.2, 0) is 17.1 Å². The predicted molar refractivity (Wildman–Crippen MR) is 109 cm³/mol. The highest BCUT2D eigenvalue weighted by Gasteiger charge is 2.37. The number of hydrogen-bond donors (Lipinski definition) is 1. The Morgan fingerprint density at radius 3 is 2.16 bits per heavy atom. The first-order chi connectivity index (χ1) is 14.9. The normalized spacial score (nSPS) is 13.4. The van der Waals surface area contributed by atoms with Crippen molar-refractivity contribution in [1.82, 2.24) is 9.97 Å². The van der Waals surface area contributed by atoms with Gasteiger partial charge in [0.25, 0.3) is 0 Å². The lowest BCUT2D eigenvalue weighted by Gasteiger charge is -2.22. The highest BCUT2D eigenvalue weighted by Crippen LogP contribution is 2.38. The number of alkyl halides is 6. The molecule has 1 atom stereocenters. The number of fused-ring (bicyclic) bond motifs is 1. The molecule has 0 bridgehead atoms. The lowest BCUT2D eigenvalue weighted by Crippen LogP contribution is -2.30. The van der Waals surface area contributed by atoms with Crippen LogP contribution < -0.4 is 5.32 Å². The molecule has 3 rings (SSSR count). The summed E-state index contributed by atoms with van der Waals surface area (Å²) in [6.45, 7) is 3.28. The smallest absolute Gasteiger partial charge is 0.325 e. The van der Waals surface area contributed by atoms with Crippen molar-refractivity contribution in [2.75, 3.05) is 5.32 Å². The Kier molecular flexibility index (Phi) is 6.68. The average Bonchev–Trinajstić information content (AvgIpc) is 2.70. The van der Waals surface area contributed by atoms with Crippen LogP contribution in [0.5, 0.6) is 0 Å². The molecule has 0 aliphatic heterocycles. The molecule has 0 saturated carbocycles. The van der Waals surface area contributed by atoms with Crippen LogP contribution in [0.15, 0.2) is 53.6 Å². The minimum atomic E-state index is -4.80. The number of rotatable bonds is 5. The molecule has 1 heterocycles. The monoisotopic (exact) mass is 473 g/mol. The summed E-state index contributed by atoms with van der Waals surface area (Å²) in [6, 6.07) is 10.5. The van der Waals surface area contributed by atoms with Crippen LogP contribution in [0.3, 0.4) is 0 Å². The van der Waals surface area contributed by atoms with Crippen LogP contribution in [0.4, 0.5) is 32.0 Å². The second kappa shape index (κ2) is 8.97. The van der Waals surface area contributed by atoms with E-state index in [1.807, 2.05) is 0 Å². The molecule has 170 valence electrons. The molecule has 3 aromatic rings. The van der Waals surface area contributed by atoms with E-state index in [4.69, 9.17) is 0 Å². The number of nitrogens with zero attached hydrogens (tertiary/aromatic N) is 2. The molecule has 4 nitrogen and oxygen atoms in total. The quantitative estimate of drug-likeness (QED) is 0.264. The lowest BCUT2D eigenvalue weighted by atomic mass is 10.1. The first kappa shape index (κ1) is 23.8. The van der Waals surface area contributed by atoms with Crippen LogP contribution in [0.1, 0.15) is 25.2 Å². The Hall–Kier alpha value is -2.82. The number of thioether (sulfide) groups is 1. The highest BCUT2D eigenvalue weighted by molar-refractivity contribution is 8.00. The van der Waals surface area contributed by atoms with Gasteiger partial charge in [-0.1, -0.05) is 55.9 Å². The second-order valence-corrected chi connectivity index (χ2v) is 8.31. The van der Waals surface area contributed by atoms with Gasteiger partial charge in [-0.3, -0.25) is 4.79 Å². The van der Waals surface area contributed by atoms with E-state index in [1.54, 1.807) is 19.9 Å². The predicted octanol–water partition coefficient (Wildman–Crippen LogP) is 6.42. The molecule has 11 heteroatoms. The maximum absolute atomic E-state index is 13.3. The number of aromatic nitrogens is 2. The molecule has 0 fully saturated rings. The van der Waals surface area contributed by atoms with Crippen molar-refractivity contribution in [3.8, 4) is 0 Å². The lowest BCUT2D eigenvalue weighted by molar-refractivity contribution is -0.145. The Bertz CT molecular complexity index is 1130. The van der Waals surface area contributed by atoms with E-state index < -0.39 is 46.5 Å². The van der Waals surface area contributed by atoms with Gasteiger partial charge in [0.05, 0.1) is 22.0 Å². The number of benzene rings is 2. The number of hydrogen-bond acceptors (Lipinski definition) is 4. The zero-order chi connectivity index (χ0) is 23.7. The number of nitrogens with one attached hydrogen (secondary N) is 1. The fourth-order valence-electron chi connectivity index (χ4n) is 2.92. The molecule has 0 aliphatic rings. The molecule has 1 N–H and O–H groups in total. The molecule has 1 aromatic heterocycles.